The molecule has 0 bridgehead atoms. The minimum absolute atomic E-state index is 0.279. The summed E-state index contributed by atoms with van der Waals surface area (Å²) in [5.41, 5.74) is 1.41. The molecule has 0 radical (unpaired) electrons. The van der Waals surface area contributed by atoms with Gasteiger partial charge in [0.25, 0.3) is 0 Å². The first-order valence-corrected chi connectivity index (χ1v) is 5.89. The third-order valence-corrected chi connectivity index (χ3v) is 2.46. The molecular weight excluding hydrogens is 274 g/mol. The van der Waals surface area contributed by atoms with E-state index in [2.05, 4.69) is 15.7 Å². The summed E-state index contributed by atoms with van der Waals surface area (Å²) in [6, 6.07) is 7.86. The predicted octanol–water partition coefficient (Wildman–Crippen LogP) is 1.48. The molecule has 8 nitrogen and oxygen atoms in total. The summed E-state index contributed by atoms with van der Waals surface area (Å²) in [4.78, 5) is 22.2. The van der Waals surface area contributed by atoms with Gasteiger partial charge in [-0.05, 0) is 24.3 Å². The number of nitrogens with one attached hydrogen (secondary N) is 2. The molecule has 8 heteroatoms. The highest BCUT2D eigenvalue weighted by Crippen LogP contribution is 2.10. The summed E-state index contributed by atoms with van der Waals surface area (Å²) in [7, 11) is 0. The van der Waals surface area contributed by atoms with Gasteiger partial charge in [-0.3, -0.25) is 9.48 Å². The maximum Gasteiger partial charge on any atom is 0.325 e. The SMILES string of the molecule is N#Cc1ccc(NC(=O)Nc2cnn(CC(=O)O)c2)cc1. The lowest BCUT2D eigenvalue weighted by Gasteiger charge is -2.05. The first-order valence-electron chi connectivity index (χ1n) is 5.89. The Bertz CT molecular complexity index is 699. The maximum atomic E-state index is 11.7. The van der Waals surface area contributed by atoms with E-state index >= 15 is 0 Å². The van der Waals surface area contributed by atoms with Gasteiger partial charge in [0.2, 0.25) is 0 Å². The number of nitriles is 1. The molecule has 0 spiro atoms. The second-order valence-corrected chi connectivity index (χ2v) is 4.09. The van der Waals surface area contributed by atoms with Crippen LogP contribution < -0.4 is 10.6 Å². The zero-order chi connectivity index (χ0) is 15.2. The van der Waals surface area contributed by atoms with Gasteiger partial charge < -0.3 is 15.7 Å². The van der Waals surface area contributed by atoms with Crippen LogP contribution in [0.2, 0.25) is 0 Å². The van der Waals surface area contributed by atoms with Crippen molar-refractivity contribution in [2.24, 2.45) is 0 Å². The number of anilines is 2. The number of aromatic nitrogens is 2. The van der Waals surface area contributed by atoms with Gasteiger partial charge in [0.1, 0.15) is 6.54 Å². The second kappa shape index (κ2) is 6.21. The lowest BCUT2D eigenvalue weighted by atomic mass is 10.2. The Kier molecular flexibility index (Phi) is 4.16. The fraction of sp³-hybridized carbons (Fsp3) is 0.0769. The highest BCUT2D eigenvalue weighted by Gasteiger charge is 2.06. The molecule has 0 atom stereocenters. The van der Waals surface area contributed by atoms with E-state index in [-0.39, 0.29) is 6.54 Å². The zero-order valence-electron chi connectivity index (χ0n) is 10.8. The largest absolute Gasteiger partial charge is 0.480 e. The summed E-state index contributed by atoms with van der Waals surface area (Å²) in [6.07, 6.45) is 2.76. The fourth-order valence-electron chi connectivity index (χ4n) is 1.57. The molecule has 1 aromatic heterocycles. The van der Waals surface area contributed by atoms with E-state index < -0.39 is 12.0 Å². The molecule has 1 aromatic carbocycles. The van der Waals surface area contributed by atoms with Gasteiger partial charge in [0.05, 0.1) is 23.5 Å². The van der Waals surface area contributed by atoms with Crippen LogP contribution in [0.3, 0.4) is 0 Å². The van der Waals surface area contributed by atoms with Crippen molar-refractivity contribution in [2.45, 2.75) is 6.54 Å². The Morgan fingerprint density at radius 3 is 2.52 bits per heavy atom. The highest BCUT2D eigenvalue weighted by atomic mass is 16.4. The van der Waals surface area contributed by atoms with Crippen LogP contribution in [0, 0.1) is 11.3 Å². The van der Waals surface area contributed by atoms with Crippen LogP contribution in [0.25, 0.3) is 0 Å². The topological polar surface area (TPSA) is 120 Å². The number of hydrogen-bond acceptors (Lipinski definition) is 4. The molecule has 2 aromatic rings. The van der Waals surface area contributed by atoms with Crippen molar-refractivity contribution < 1.29 is 14.7 Å². The van der Waals surface area contributed by atoms with E-state index in [1.54, 1.807) is 24.3 Å². The number of rotatable bonds is 4. The summed E-state index contributed by atoms with van der Waals surface area (Å²) in [6.45, 7) is -0.279. The zero-order valence-corrected chi connectivity index (χ0v) is 10.8. The highest BCUT2D eigenvalue weighted by molar-refractivity contribution is 5.99. The van der Waals surface area contributed by atoms with Crippen LogP contribution >= 0.6 is 0 Å². The number of aliphatic carboxylic acids is 1. The van der Waals surface area contributed by atoms with Gasteiger partial charge in [-0.1, -0.05) is 0 Å². The minimum Gasteiger partial charge on any atom is -0.480 e. The van der Waals surface area contributed by atoms with Crippen LogP contribution in [0.5, 0.6) is 0 Å². The lowest BCUT2D eigenvalue weighted by Crippen LogP contribution is -2.19. The first kappa shape index (κ1) is 14.1. The van der Waals surface area contributed by atoms with E-state index in [1.165, 1.54) is 17.1 Å². The van der Waals surface area contributed by atoms with Gasteiger partial charge >= 0.3 is 12.0 Å². The van der Waals surface area contributed by atoms with Crippen LogP contribution in [0.4, 0.5) is 16.2 Å². The number of nitrogens with zero attached hydrogens (tertiary/aromatic N) is 3. The van der Waals surface area contributed by atoms with Crippen LogP contribution in [0.15, 0.2) is 36.7 Å². The molecule has 0 aliphatic rings. The average molecular weight is 285 g/mol. The normalized spacial score (nSPS) is 9.67. The molecule has 3 N–H and O–H groups in total. The Labute approximate surface area is 119 Å². The first-order chi connectivity index (χ1) is 10.1. The van der Waals surface area contributed by atoms with E-state index in [1.807, 2.05) is 6.07 Å². The van der Waals surface area contributed by atoms with Crippen molar-refractivity contribution in [2.75, 3.05) is 10.6 Å². The van der Waals surface area contributed by atoms with Crippen LogP contribution in [0.1, 0.15) is 5.56 Å². The van der Waals surface area contributed by atoms with Crippen LogP contribution in [-0.2, 0) is 11.3 Å². The number of urea groups is 1. The Hall–Kier alpha value is -3.34. The quantitative estimate of drug-likeness (QED) is 0.785. The summed E-state index contributed by atoms with van der Waals surface area (Å²) in [5, 5.41) is 26.2. The van der Waals surface area contributed by atoms with Gasteiger partial charge in [-0.2, -0.15) is 10.4 Å². The van der Waals surface area contributed by atoms with Gasteiger partial charge in [-0.25, -0.2) is 4.79 Å². The van der Waals surface area contributed by atoms with Crippen molar-refractivity contribution in [1.82, 2.24) is 9.78 Å². The van der Waals surface area contributed by atoms with Crippen molar-refractivity contribution in [1.29, 1.82) is 5.26 Å². The maximum absolute atomic E-state index is 11.7. The van der Waals surface area contributed by atoms with Crippen molar-refractivity contribution >= 4 is 23.4 Å². The standard InChI is InChI=1S/C13H11N5O3/c14-5-9-1-3-10(4-2-9)16-13(21)17-11-6-15-18(7-11)8-12(19)20/h1-4,6-7H,8H2,(H,19,20)(H2,16,17,21). The third-order valence-electron chi connectivity index (χ3n) is 2.46. The average Bonchev–Trinajstić information content (AvgIpc) is 2.85. The molecule has 0 saturated heterocycles. The minimum atomic E-state index is -1.02. The van der Waals surface area contributed by atoms with Gasteiger partial charge in [0, 0.05) is 11.9 Å². The molecule has 21 heavy (non-hydrogen) atoms. The van der Waals surface area contributed by atoms with Crippen LogP contribution in [-0.4, -0.2) is 26.9 Å². The molecule has 1 heterocycles. The molecule has 106 valence electrons. The predicted molar refractivity (Wildman–Crippen MR) is 73.7 cm³/mol. The van der Waals surface area contributed by atoms with Gasteiger partial charge in [-0.15, -0.1) is 0 Å². The molecule has 0 fully saturated rings. The van der Waals surface area contributed by atoms with Gasteiger partial charge in [0.15, 0.2) is 0 Å². The van der Waals surface area contributed by atoms with E-state index in [0.717, 1.165) is 0 Å². The Morgan fingerprint density at radius 2 is 1.90 bits per heavy atom. The molecule has 0 aliphatic heterocycles. The Morgan fingerprint density at radius 1 is 1.24 bits per heavy atom. The second-order valence-electron chi connectivity index (χ2n) is 4.09. The van der Waals surface area contributed by atoms with E-state index in [4.69, 9.17) is 10.4 Å². The van der Waals surface area contributed by atoms with E-state index in [0.29, 0.717) is 16.9 Å². The summed E-state index contributed by atoms with van der Waals surface area (Å²) < 4.78 is 1.19. The summed E-state index contributed by atoms with van der Waals surface area (Å²) in [5.74, 6) is -1.02. The van der Waals surface area contributed by atoms with Crippen molar-refractivity contribution in [3.8, 4) is 6.07 Å². The number of carbonyl (C=O) groups excluding carboxylic acids is 1. The third kappa shape index (κ3) is 4.07. The molecule has 0 unspecified atom stereocenters. The number of amides is 2. The number of hydrogen-bond donors (Lipinski definition) is 3. The number of carbonyl (C=O) groups is 2. The smallest absolute Gasteiger partial charge is 0.325 e. The number of carboxylic acids is 1. The van der Waals surface area contributed by atoms with E-state index in [9.17, 15) is 9.59 Å². The Balaban J connectivity index is 1.93. The fourth-order valence-corrected chi connectivity index (χ4v) is 1.57. The molecule has 0 saturated carbocycles. The molecule has 2 amide bonds. The summed E-state index contributed by atoms with van der Waals surface area (Å²) >= 11 is 0. The number of benzene rings is 1. The van der Waals surface area contributed by atoms with Crippen molar-refractivity contribution in [3.05, 3.63) is 42.2 Å². The molecule has 0 aliphatic carbocycles. The lowest BCUT2D eigenvalue weighted by molar-refractivity contribution is -0.137. The monoisotopic (exact) mass is 285 g/mol. The number of carboxylic acid groups (broad SMARTS) is 1. The van der Waals surface area contributed by atoms with Crippen molar-refractivity contribution in [3.63, 3.8) is 0 Å². The molecule has 2 rings (SSSR count). The molecular formula is C13H11N5O3.